The Hall–Kier alpha value is -0.0151. The molecule has 3 heteroatoms. The van der Waals surface area contributed by atoms with Gasteiger partial charge in [0.05, 0.1) is 5.60 Å². The highest BCUT2D eigenvalue weighted by Gasteiger charge is 2.38. The summed E-state index contributed by atoms with van der Waals surface area (Å²) in [6.07, 6.45) is 0.996. The van der Waals surface area contributed by atoms with Crippen LogP contribution in [0.4, 0.5) is 0 Å². The molecule has 1 atom stereocenters. The average molecular weight is 184 g/mol. The Kier molecular flexibility index (Phi) is 3.41. The van der Waals surface area contributed by atoms with Crippen LogP contribution < -0.4 is 0 Å². The molecule has 0 amide bonds. The third-order valence-corrected chi connectivity index (χ3v) is 2.82. The molecular weight excluding hydrogens is 163 g/mol. The summed E-state index contributed by atoms with van der Waals surface area (Å²) in [6.45, 7) is 11.7. The van der Waals surface area contributed by atoms with Crippen LogP contribution in [0.3, 0.4) is 0 Å². The van der Waals surface area contributed by atoms with Crippen LogP contribution in [0.1, 0.15) is 34.6 Å². The van der Waals surface area contributed by atoms with Crippen LogP contribution in [-0.4, -0.2) is 19.3 Å². The zero-order valence-corrected chi connectivity index (χ0v) is 9.46. The summed E-state index contributed by atoms with van der Waals surface area (Å²) in [5, 5.41) is 0. The first-order valence-electron chi connectivity index (χ1n) is 5.21. The molecule has 1 aliphatic rings. The number of hydrogen-bond acceptors (Lipinski definition) is 2. The fraction of sp³-hybridized carbons (Fsp3) is 1.00. The third-order valence-electron chi connectivity index (χ3n) is 2.82. The lowest BCUT2D eigenvalue weighted by Gasteiger charge is -2.40. The maximum absolute atomic E-state index is 5.87. The van der Waals surface area contributed by atoms with Gasteiger partial charge in [-0.15, -0.1) is 0 Å². The molecule has 13 heavy (non-hydrogen) atoms. The fourth-order valence-electron chi connectivity index (χ4n) is 1.44. The van der Waals surface area contributed by atoms with Gasteiger partial charge in [0.15, 0.2) is 0 Å². The summed E-state index contributed by atoms with van der Waals surface area (Å²) in [5.74, 6) is 1.12. The minimum Gasteiger partial charge on any atom is -0.411 e. The Morgan fingerprint density at radius 1 is 1.46 bits per heavy atom. The van der Waals surface area contributed by atoms with Crippen molar-refractivity contribution in [3.63, 3.8) is 0 Å². The van der Waals surface area contributed by atoms with E-state index < -0.39 is 0 Å². The van der Waals surface area contributed by atoms with Crippen molar-refractivity contribution in [2.75, 3.05) is 6.61 Å². The van der Waals surface area contributed by atoms with E-state index in [9.17, 15) is 0 Å². The first-order valence-corrected chi connectivity index (χ1v) is 5.21. The second kappa shape index (κ2) is 4.01. The van der Waals surface area contributed by atoms with E-state index in [2.05, 4.69) is 34.6 Å². The van der Waals surface area contributed by atoms with Crippen molar-refractivity contribution in [1.29, 1.82) is 0 Å². The summed E-state index contributed by atoms with van der Waals surface area (Å²) >= 11 is 0. The minimum absolute atomic E-state index is 0.00574. The van der Waals surface area contributed by atoms with Gasteiger partial charge < -0.3 is 9.31 Å². The maximum atomic E-state index is 5.87. The Morgan fingerprint density at radius 3 is 2.54 bits per heavy atom. The van der Waals surface area contributed by atoms with Gasteiger partial charge in [-0.3, -0.25) is 0 Å². The smallest absolute Gasteiger partial charge is 0.411 e. The van der Waals surface area contributed by atoms with Crippen molar-refractivity contribution in [3.05, 3.63) is 0 Å². The Morgan fingerprint density at radius 2 is 2.08 bits per heavy atom. The Bertz CT molecular complexity index is 168. The van der Waals surface area contributed by atoms with Gasteiger partial charge in [-0.2, -0.15) is 0 Å². The SMILES string of the molecule is CC(C)CB1OCC(C)C(C)(C)O1. The molecule has 0 aromatic heterocycles. The van der Waals surface area contributed by atoms with E-state index >= 15 is 0 Å². The Balaban J connectivity index is 2.46. The molecule has 76 valence electrons. The lowest BCUT2D eigenvalue weighted by molar-refractivity contribution is -0.0426. The molecular formula is C10H21BO2. The van der Waals surface area contributed by atoms with Crippen molar-refractivity contribution < 1.29 is 9.31 Å². The van der Waals surface area contributed by atoms with E-state index in [1.807, 2.05) is 0 Å². The zero-order chi connectivity index (χ0) is 10.1. The summed E-state index contributed by atoms with van der Waals surface area (Å²) in [7, 11) is 0.00574. The maximum Gasteiger partial charge on any atom is 0.457 e. The first-order chi connectivity index (χ1) is 5.92. The highest BCUT2D eigenvalue weighted by Crippen LogP contribution is 2.29. The van der Waals surface area contributed by atoms with Crippen molar-refractivity contribution in [3.8, 4) is 0 Å². The van der Waals surface area contributed by atoms with E-state index in [0.717, 1.165) is 12.9 Å². The first kappa shape index (κ1) is 11.1. The molecule has 2 nitrogen and oxygen atoms in total. The monoisotopic (exact) mass is 184 g/mol. The quantitative estimate of drug-likeness (QED) is 0.614. The zero-order valence-electron chi connectivity index (χ0n) is 9.46. The van der Waals surface area contributed by atoms with E-state index in [-0.39, 0.29) is 12.7 Å². The molecule has 1 saturated heterocycles. The lowest BCUT2D eigenvalue weighted by Crippen LogP contribution is -2.48. The Labute approximate surface area is 82.1 Å². The second-order valence-electron chi connectivity index (χ2n) is 5.01. The largest absolute Gasteiger partial charge is 0.457 e. The van der Waals surface area contributed by atoms with E-state index in [4.69, 9.17) is 9.31 Å². The molecule has 0 radical (unpaired) electrons. The highest BCUT2D eigenvalue weighted by molar-refractivity contribution is 6.44. The molecule has 0 aliphatic carbocycles. The normalized spacial score (nSPS) is 28.2. The van der Waals surface area contributed by atoms with Crippen molar-refractivity contribution in [1.82, 2.24) is 0 Å². The van der Waals surface area contributed by atoms with Crippen LogP contribution in [-0.2, 0) is 9.31 Å². The van der Waals surface area contributed by atoms with E-state index in [1.54, 1.807) is 0 Å². The van der Waals surface area contributed by atoms with E-state index in [1.165, 1.54) is 0 Å². The van der Waals surface area contributed by atoms with Crippen LogP contribution in [0, 0.1) is 11.8 Å². The molecule has 0 spiro atoms. The van der Waals surface area contributed by atoms with Crippen LogP contribution in [0.15, 0.2) is 0 Å². The van der Waals surface area contributed by atoms with Gasteiger partial charge >= 0.3 is 7.12 Å². The van der Waals surface area contributed by atoms with Gasteiger partial charge in [-0.05, 0) is 26.1 Å². The van der Waals surface area contributed by atoms with Crippen LogP contribution in [0.2, 0.25) is 6.32 Å². The summed E-state index contributed by atoms with van der Waals surface area (Å²) in [4.78, 5) is 0. The van der Waals surface area contributed by atoms with Crippen molar-refractivity contribution in [2.24, 2.45) is 11.8 Å². The minimum atomic E-state index is -0.0300. The molecule has 0 bridgehead atoms. The predicted molar refractivity (Wildman–Crippen MR) is 55.7 cm³/mol. The molecule has 0 saturated carbocycles. The fourth-order valence-corrected chi connectivity index (χ4v) is 1.44. The topological polar surface area (TPSA) is 18.5 Å². The van der Waals surface area contributed by atoms with Crippen LogP contribution in [0.25, 0.3) is 0 Å². The molecule has 0 N–H and O–H groups in total. The molecule has 1 heterocycles. The molecule has 1 unspecified atom stereocenters. The van der Waals surface area contributed by atoms with E-state index in [0.29, 0.717) is 11.8 Å². The number of hydrogen-bond donors (Lipinski definition) is 0. The molecule has 1 rings (SSSR count). The van der Waals surface area contributed by atoms with Gasteiger partial charge in [0, 0.05) is 12.5 Å². The van der Waals surface area contributed by atoms with Crippen molar-refractivity contribution >= 4 is 7.12 Å². The van der Waals surface area contributed by atoms with Gasteiger partial charge in [-0.1, -0.05) is 20.8 Å². The third kappa shape index (κ3) is 2.99. The summed E-state index contributed by atoms with van der Waals surface area (Å²) in [6, 6.07) is 0. The summed E-state index contributed by atoms with van der Waals surface area (Å²) < 4.78 is 11.5. The van der Waals surface area contributed by atoms with Crippen LogP contribution >= 0.6 is 0 Å². The van der Waals surface area contributed by atoms with Gasteiger partial charge in [0.2, 0.25) is 0 Å². The standard InChI is InChI=1S/C10H21BO2/c1-8(2)6-11-12-7-9(3)10(4,5)13-11/h8-9H,6-7H2,1-5H3. The summed E-state index contributed by atoms with van der Waals surface area (Å²) in [5.41, 5.74) is -0.0300. The van der Waals surface area contributed by atoms with Gasteiger partial charge in [0.1, 0.15) is 0 Å². The molecule has 1 fully saturated rings. The average Bonchev–Trinajstić information content (AvgIpc) is 1.95. The molecule has 0 aromatic carbocycles. The highest BCUT2D eigenvalue weighted by atomic mass is 16.6. The number of rotatable bonds is 2. The predicted octanol–water partition coefficient (Wildman–Crippen LogP) is 2.59. The molecule has 1 aliphatic heterocycles. The van der Waals surface area contributed by atoms with Crippen molar-refractivity contribution in [2.45, 2.75) is 46.5 Å². The van der Waals surface area contributed by atoms with Gasteiger partial charge in [0.25, 0.3) is 0 Å². The second-order valence-corrected chi connectivity index (χ2v) is 5.01. The van der Waals surface area contributed by atoms with Crippen LogP contribution in [0.5, 0.6) is 0 Å². The lowest BCUT2D eigenvalue weighted by atomic mass is 9.74. The molecule has 0 aromatic rings. The van der Waals surface area contributed by atoms with Gasteiger partial charge in [-0.25, -0.2) is 0 Å².